The molecule has 0 saturated carbocycles. The minimum absolute atomic E-state index is 0.110. The van der Waals surface area contributed by atoms with Gasteiger partial charge in [-0.15, -0.1) is 0 Å². The number of hydrogen-bond acceptors (Lipinski definition) is 4. The van der Waals surface area contributed by atoms with Gasteiger partial charge < -0.3 is 0 Å². The first-order chi connectivity index (χ1) is 9.08. The molecule has 2 aromatic rings. The summed E-state index contributed by atoms with van der Waals surface area (Å²) in [6, 6.07) is 5.06. The van der Waals surface area contributed by atoms with Crippen LogP contribution in [0.3, 0.4) is 0 Å². The highest BCUT2D eigenvalue weighted by Gasteiger charge is 2.17. The number of halogens is 2. The van der Waals surface area contributed by atoms with Gasteiger partial charge in [-0.2, -0.15) is 0 Å². The van der Waals surface area contributed by atoms with Gasteiger partial charge in [0.1, 0.15) is 11.6 Å². The average Bonchev–Trinajstić information content (AvgIpc) is 2.36. The Kier molecular flexibility index (Phi) is 4.21. The highest BCUT2D eigenvalue weighted by molar-refractivity contribution is 7.99. The van der Waals surface area contributed by atoms with Crippen LogP contribution in [0.25, 0.3) is 0 Å². The number of benzene rings is 1. The second-order valence-corrected chi connectivity index (χ2v) is 4.73. The molecule has 1 aromatic carbocycles. The lowest BCUT2D eigenvalue weighted by Gasteiger charge is -2.03. The van der Waals surface area contributed by atoms with Gasteiger partial charge in [0.25, 0.3) is 0 Å². The lowest BCUT2D eigenvalue weighted by molar-refractivity contribution is 0.101. The first kappa shape index (κ1) is 13.6. The molecule has 6 heteroatoms. The zero-order valence-corrected chi connectivity index (χ0v) is 10.9. The monoisotopic (exact) mass is 280 g/mol. The van der Waals surface area contributed by atoms with Crippen molar-refractivity contribution in [3.8, 4) is 0 Å². The van der Waals surface area contributed by atoms with E-state index in [4.69, 9.17) is 0 Å². The van der Waals surface area contributed by atoms with Crippen LogP contribution in [0, 0.1) is 18.6 Å². The second-order valence-electron chi connectivity index (χ2n) is 3.79. The van der Waals surface area contributed by atoms with Crippen molar-refractivity contribution in [2.75, 3.05) is 5.75 Å². The van der Waals surface area contributed by atoms with Crippen molar-refractivity contribution in [2.45, 2.75) is 12.1 Å². The Morgan fingerprint density at radius 3 is 2.58 bits per heavy atom. The molecule has 2 rings (SSSR count). The molecule has 98 valence electrons. The zero-order valence-electron chi connectivity index (χ0n) is 10.1. The summed E-state index contributed by atoms with van der Waals surface area (Å²) in [4.78, 5) is 19.8. The second kappa shape index (κ2) is 5.88. The van der Waals surface area contributed by atoms with Gasteiger partial charge in [0.05, 0.1) is 11.3 Å². The fourth-order valence-electron chi connectivity index (χ4n) is 1.46. The van der Waals surface area contributed by atoms with Gasteiger partial charge in [0, 0.05) is 11.9 Å². The van der Waals surface area contributed by atoms with E-state index >= 15 is 0 Å². The molecule has 0 aliphatic rings. The van der Waals surface area contributed by atoms with Gasteiger partial charge in [0.15, 0.2) is 10.9 Å². The van der Waals surface area contributed by atoms with Gasteiger partial charge in [-0.1, -0.05) is 17.8 Å². The highest BCUT2D eigenvalue weighted by Crippen LogP contribution is 2.18. The Bertz CT molecular complexity index is 599. The molecule has 0 amide bonds. The molecular weight excluding hydrogens is 270 g/mol. The third-order valence-electron chi connectivity index (χ3n) is 2.35. The number of thioether (sulfide) groups is 1. The maximum Gasteiger partial charge on any atom is 0.188 e. The van der Waals surface area contributed by atoms with Crippen LogP contribution in [0.4, 0.5) is 8.78 Å². The van der Waals surface area contributed by atoms with E-state index in [0.717, 1.165) is 29.6 Å². The van der Waals surface area contributed by atoms with E-state index in [9.17, 15) is 13.6 Å². The molecule has 1 heterocycles. The number of aromatic nitrogens is 2. The largest absolute Gasteiger partial charge is 0.293 e. The fourth-order valence-corrected chi connectivity index (χ4v) is 2.21. The van der Waals surface area contributed by atoms with E-state index in [-0.39, 0.29) is 5.75 Å². The first-order valence-corrected chi connectivity index (χ1v) is 6.46. The molecule has 0 bridgehead atoms. The number of rotatable bonds is 4. The lowest BCUT2D eigenvalue weighted by Crippen LogP contribution is -2.08. The minimum atomic E-state index is -0.851. The summed E-state index contributed by atoms with van der Waals surface area (Å²) in [5, 5.41) is 0.407. The van der Waals surface area contributed by atoms with Crippen molar-refractivity contribution in [1.82, 2.24) is 9.97 Å². The van der Waals surface area contributed by atoms with Crippen LogP contribution in [0.1, 0.15) is 16.1 Å². The van der Waals surface area contributed by atoms with Crippen molar-refractivity contribution >= 4 is 17.5 Å². The van der Waals surface area contributed by atoms with E-state index in [1.165, 1.54) is 6.07 Å². The smallest absolute Gasteiger partial charge is 0.188 e. The highest BCUT2D eigenvalue weighted by atomic mass is 32.2. The maximum atomic E-state index is 13.4. The van der Waals surface area contributed by atoms with Crippen molar-refractivity contribution in [1.29, 1.82) is 0 Å². The van der Waals surface area contributed by atoms with Crippen LogP contribution < -0.4 is 0 Å². The number of carbonyl (C=O) groups excluding carboxylic acids is 1. The van der Waals surface area contributed by atoms with Gasteiger partial charge >= 0.3 is 0 Å². The SMILES string of the molecule is Cc1ccnc(SCC(=O)c2c(F)cccc2F)n1. The molecule has 0 saturated heterocycles. The van der Waals surface area contributed by atoms with Crippen molar-refractivity contribution in [3.05, 3.63) is 53.4 Å². The molecule has 0 spiro atoms. The van der Waals surface area contributed by atoms with Gasteiger partial charge in [-0.3, -0.25) is 4.79 Å². The van der Waals surface area contributed by atoms with Crippen LogP contribution in [-0.4, -0.2) is 21.5 Å². The minimum Gasteiger partial charge on any atom is -0.293 e. The Morgan fingerprint density at radius 1 is 1.26 bits per heavy atom. The predicted octanol–water partition coefficient (Wildman–Crippen LogP) is 3.04. The Balaban J connectivity index is 2.10. The van der Waals surface area contributed by atoms with Gasteiger partial charge in [-0.25, -0.2) is 18.7 Å². The summed E-state index contributed by atoms with van der Waals surface area (Å²) in [6.45, 7) is 1.80. The number of aryl methyl sites for hydroxylation is 1. The summed E-state index contributed by atoms with van der Waals surface area (Å²) >= 11 is 1.05. The quantitative estimate of drug-likeness (QED) is 0.490. The number of Topliss-reactive ketones (excluding diaryl/α,β-unsaturated/α-hetero) is 1. The molecule has 19 heavy (non-hydrogen) atoms. The van der Waals surface area contributed by atoms with Crippen LogP contribution >= 0.6 is 11.8 Å². The van der Waals surface area contributed by atoms with Crippen molar-refractivity contribution in [3.63, 3.8) is 0 Å². The zero-order chi connectivity index (χ0) is 13.8. The number of ketones is 1. The maximum absolute atomic E-state index is 13.4. The summed E-state index contributed by atoms with van der Waals surface area (Å²) < 4.78 is 26.8. The van der Waals surface area contributed by atoms with Crippen LogP contribution in [0.15, 0.2) is 35.6 Å². The van der Waals surface area contributed by atoms with E-state index in [1.54, 1.807) is 19.2 Å². The van der Waals surface area contributed by atoms with Gasteiger partial charge in [-0.05, 0) is 25.1 Å². The Labute approximate surface area is 113 Å². The third kappa shape index (κ3) is 3.35. The fraction of sp³-hybridized carbons (Fsp3) is 0.154. The number of carbonyl (C=O) groups is 1. The van der Waals surface area contributed by atoms with Crippen LogP contribution in [0.2, 0.25) is 0 Å². The summed E-state index contributed by atoms with van der Waals surface area (Å²) in [7, 11) is 0. The Morgan fingerprint density at radius 2 is 1.95 bits per heavy atom. The average molecular weight is 280 g/mol. The molecule has 0 atom stereocenters. The number of nitrogens with zero attached hydrogens (tertiary/aromatic N) is 2. The lowest BCUT2D eigenvalue weighted by atomic mass is 10.1. The van der Waals surface area contributed by atoms with E-state index in [2.05, 4.69) is 9.97 Å². The van der Waals surface area contributed by atoms with Crippen molar-refractivity contribution < 1.29 is 13.6 Å². The topological polar surface area (TPSA) is 42.9 Å². The van der Waals surface area contributed by atoms with Crippen LogP contribution in [-0.2, 0) is 0 Å². The molecule has 0 radical (unpaired) electrons. The number of hydrogen-bond donors (Lipinski definition) is 0. The molecule has 0 aliphatic heterocycles. The molecule has 0 aliphatic carbocycles. The van der Waals surface area contributed by atoms with Crippen LogP contribution in [0.5, 0.6) is 0 Å². The summed E-state index contributed by atoms with van der Waals surface area (Å²) in [5.41, 5.74) is 0.254. The van der Waals surface area contributed by atoms with E-state index in [0.29, 0.717) is 5.16 Å². The molecular formula is C13H10F2N2OS. The molecule has 0 unspecified atom stereocenters. The van der Waals surface area contributed by atoms with E-state index in [1.807, 2.05) is 0 Å². The molecule has 3 nitrogen and oxygen atoms in total. The molecule has 1 aromatic heterocycles. The van der Waals surface area contributed by atoms with Crippen molar-refractivity contribution in [2.24, 2.45) is 0 Å². The molecule has 0 N–H and O–H groups in total. The molecule has 0 fully saturated rings. The third-order valence-corrected chi connectivity index (χ3v) is 3.21. The standard InChI is InChI=1S/C13H10F2N2OS/c1-8-5-6-16-13(17-8)19-7-11(18)12-9(14)3-2-4-10(12)15/h2-6H,7H2,1H3. The first-order valence-electron chi connectivity index (χ1n) is 5.47. The summed E-state index contributed by atoms with van der Waals surface area (Å²) in [5.74, 6) is -2.43. The van der Waals surface area contributed by atoms with Gasteiger partial charge in [0.2, 0.25) is 0 Å². The Hall–Kier alpha value is -1.82. The predicted molar refractivity (Wildman–Crippen MR) is 68.2 cm³/mol. The van der Waals surface area contributed by atoms with E-state index < -0.39 is 23.0 Å². The normalized spacial score (nSPS) is 10.5. The summed E-state index contributed by atoms with van der Waals surface area (Å²) in [6.07, 6.45) is 1.57.